The Morgan fingerprint density at radius 2 is 2.24 bits per heavy atom. The molecule has 5 N–H and O–H groups in total. The van der Waals surface area contributed by atoms with E-state index in [1.54, 1.807) is 17.5 Å². The van der Waals surface area contributed by atoms with E-state index in [9.17, 15) is 4.79 Å². The first-order chi connectivity index (χ1) is 12.2. The third-order valence-corrected chi connectivity index (χ3v) is 5.37. The van der Waals surface area contributed by atoms with Gasteiger partial charge in [0.25, 0.3) is 0 Å². The van der Waals surface area contributed by atoms with Gasteiger partial charge in [0.15, 0.2) is 0 Å². The lowest BCUT2D eigenvalue weighted by molar-refractivity contribution is -0.122. The van der Waals surface area contributed by atoms with Crippen molar-refractivity contribution in [2.75, 3.05) is 24.1 Å². The first-order valence-electron chi connectivity index (χ1n) is 8.42. The average molecular weight is 356 g/mol. The highest BCUT2D eigenvalue weighted by Crippen LogP contribution is 2.36. The summed E-state index contributed by atoms with van der Waals surface area (Å²) in [6.45, 7) is 1.46. The van der Waals surface area contributed by atoms with E-state index < -0.39 is 0 Å². The van der Waals surface area contributed by atoms with Crippen molar-refractivity contribution in [3.05, 3.63) is 24.4 Å². The van der Waals surface area contributed by atoms with E-state index in [-0.39, 0.29) is 11.8 Å². The Balaban J connectivity index is 1.42. The highest BCUT2D eigenvalue weighted by atomic mass is 32.1. The second-order valence-electron chi connectivity index (χ2n) is 6.24. The Morgan fingerprint density at radius 3 is 3.00 bits per heavy atom. The van der Waals surface area contributed by atoms with Crippen molar-refractivity contribution in [3.63, 3.8) is 0 Å². The molecule has 3 heterocycles. The number of hydrogen-bond donors (Lipinski definition) is 4. The summed E-state index contributed by atoms with van der Waals surface area (Å²) < 4.78 is 1.07. The molecule has 4 rings (SSSR count). The predicted octanol–water partition coefficient (Wildman–Crippen LogP) is 2.60. The summed E-state index contributed by atoms with van der Waals surface area (Å²) in [5.41, 5.74) is 8.76. The van der Waals surface area contributed by atoms with Crippen molar-refractivity contribution in [2.24, 2.45) is 5.92 Å². The number of aromatic amines is 1. The number of H-pyrrole nitrogens is 1. The molecule has 1 aliphatic rings. The van der Waals surface area contributed by atoms with Gasteiger partial charge in [-0.1, -0.05) is 0 Å². The standard InChI is InChI=1S/C17H20N6OS/c18-15-9-12(19-5-1-6-20-17(24)10-2-3-10)16-13(22-15)8-14(25-16)11-4-7-21-23-11/h4,7-10H,1-3,5-6H2,(H,20,24)(H,21,23)(H3,18,19,22). The van der Waals surface area contributed by atoms with E-state index in [2.05, 4.69) is 25.8 Å². The zero-order valence-electron chi connectivity index (χ0n) is 13.7. The second kappa shape index (κ2) is 6.72. The van der Waals surface area contributed by atoms with Crippen LogP contribution in [0.15, 0.2) is 24.4 Å². The smallest absolute Gasteiger partial charge is 0.223 e. The van der Waals surface area contributed by atoms with Crippen LogP contribution in [0.1, 0.15) is 19.3 Å². The Morgan fingerprint density at radius 1 is 1.36 bits per heavy atom. The molecule has 1 amide bonds. The quantitative estimate of drug-likeness (QED) is 0.487. The number of fused-ring (bicyclic) bond motifs is 1. The molecule has 0 radical (unpaired) electrons. The van der Waals surface area contributed by atoms with Crippen LogP contribution in [0.3, 0.4) is 0 Å². The molecule has 8 heteroatoms. The van der Waals surface area contributed by atoms with Crippen molar-refractivity contribution in [1.29, 1.82) is 0 Å². The fourth-order valence-corrected chi connectivity index (χ4v) is 3.78. The lowest BCUT2D eigenvalue weighted by Gasteiger charge is -2.09. The molecule has 0 saturated heterocycles. The molecule has 0 unspecified atom stereocenters. The summed E-state index contributed by atoms with van der Waals surface area (Å²) in [6, 6.07) is 5.81. The second-order valence-corrected chi connectivity index (χ2v) is 7.29. The number of thiophene rings is 1. The zero-order chi connectivity index (χ0) is 17.2. The number of nitrogens with zero attached hydrogens (tertiary/aromatic N) is 2. The maximum absolute atomic E-state index is 11.6. The molecule has 130 valence electrons. The van der Waals surface area contributed by atoms with Gasteiger partial charge in [-0.15, -0.1) is 11.3 Å². The van der Waals surface area contributed by atoms with E-state index in [1.807, 2.05) is 18.2 Å². The maximum atomic E-state index is 11.6. The fourth-order valence-electron chi connectivity index (χ4n) is 2.71. The topological polar surface area (TPSA) is 109 Å². The highest BCUT2D eigenvalue weighted by molar-refractivity contribution is 7.22. The predicted molar refractivity (Wildman–Crippen MR) is 100 cm³/mol. The maximum Gasteiger partial charge on any atom is 0.223 e. The van der Waals surface area contributed by atoms with Crippen LogP contribution in [-0.2, 0) is 4.79 Å². The number of rotatable bonds is 7. The number of pyridine rings is 1. The molecule has 7 nitrogen and oxygen atoms in total. The third-order valence-electron chi connectivity index (χ3n) is 4.18. The molecule has 0 spiro atoms. The van der Waals surface area contributed by atoms with E-state index >= 15 is 0 Å². The van der Waals surface area contributed by atoms with Crippen molar-refractivity contribution in [1.82, 2.24) is 20.5 Å². The molecule has 0 bridgehead atoms. The van der Waals surface area contributed by atoms with Crippen LogP contribution in [0.25, 0.3) is 20.8 Å². The Hall–Kier alpha value is -2.61. The fraction of sp³-hybridized carbons (Fsp3) is 0.353. The van der Waals surface area contributed by atoms with Crippen LogP contribution < -0.4 is 16.4 Å². The molecule has 25 heavy (non-hydrogen) atoms. The van der Waals surface area contributed by atoms with Gasteiger partial charge in [0, 0.05) is 31.3 Å². The van der Waals surface area contributed by atoms with Gasteiger partial charge in [0.05, 0.1) is 26.5 Å². The van der Waals surface area contributed by atoms with E-state index in [0.29, 0.717) is 12.4 Å². The molecular weight excluding hydrogens is 336 g/mol. The van der Waals surface area contributed by atoms with Crippen molar-refractivity contribution in [2.45, 2.75) is 19.3 Å². The minimum Gasteiger partial charge on any atom is -0.384 e. The number of nitrogen functional groups attached to an aromatic ring is 1. The van der Waals surface area contributed by atoms with Crippen molar-refractivity contribution < 1.29 is 4.79 Å². The third kappa shape index (κ3) is 3.58. The number of aromatic nitrogens is 3. The van der Waals surface area contributed by atoms with E-state index in [4.69, 9.17) is 5.73 Å². The van der Waals surface area contributed by atoms with Crippen molar-refractivity contribution >= 4 is 39.0 Å². The first kappa shape index (κ1) is 15.9. The van der Waals surface area contributed by atoms with Crippen LogP contribution in [0, 0.1) is 5.92 Å². The van der Waals surface area contributed by atoms with Crippen LogP contribution >= 0.6 is 11.3 Å². The summed E-state index contributed by atoms with van der Waals surface area (Å²) in [4.78, 5) is 17.1. The molecule has 1 aliphatic carbocycles. The van der Waals surface area contributed by atoms with E-state index in [1.165, 1.54) is 0 Å². The minimum atomic E-state index is 0.193. The van der Waals surface area contributed by atoms with Gasteiger partial charge in [-0.25, -0.2) is 4.98 Å². The number of nitrogens with two attached hydrogens (primary N) is 1. The number of carbonyl (C=O) groups is 1. The lowest BCUT2D eigenvalue weighted by atomic mass is 10.3. The minimum absolute atomic E-state index is 0.193. The molecule has 1 fully saturated rings. The van der Waals surface area contributed by atoms with Crippen LogP contribution in [0.2, 0.25) is 0 Å². The SMILES string of the molecule is Nc1cc(NCCCNC(=O)C2CC2)c2sc(-c3ccn[nH]3)cc2n1. The zero-order valence-corrected chi connectivity index (χ0v) is 14.5. The monoisotopic (exact) mass is 356 g/mol. The lowest BCUT2D eigenvalue weighted by Crippen LogP contribution is -2.27. The van der Waals surface area contributed by atoms with Gasteiger partial charge in [0.2, 0.25) is 5.91 Å². The molecule has 3 aromatic rings. The van der Waals surface area contributed by atoms with Gasteiger partial charge in [-0.2, -0.15) is 5.10 Å². The Bertz CT molecular complexity index is 884. The van der Waals surface area contributed by atoms with Gasteiger partial charge < -0.3 is 16.4 Å². The molecule has 0 atom stereocenters. The number of carbonyl (C=O) groups excluding carboxylic acids is 1. The van der Waals surface area contributed by atoms with Gasteiger partial charge in [0.1, 0.15) is 5.82 Å². The summed E-state index contributed by atoms with van der Waals surface area (Å²) in [5, 5.41) is 13.4. The van der Waals surface area contributed by atoms with E-state index in [0.717, 1.165) is 52.3 Å². The van der Waals surface area contributed by atoms with Crippen LogP contribution in [0.5, 0.6) is 0 Å². The summed E-state index contributed by atoms with van der Waals surface area (Å²) >= 11 is 1.65. The highest BCUT2D eigenvalue weighted by Gasteiger charge is 2.28. The molecule has 3 aromatic heterocycles. The summed E-state index contributed by atoms with van der Waals surface area (Å²) in [7, 11) is 0. The number of nitrogens with one attached hydrogen (secondary N) is 3. The average Bonchev–Trinajstić information content (AvgIpc) is 3.13. The number of hydrogen-bond acceptors (Lipinski definition) is 6. The van der Waals surface area contributed by atoms with Gasteiger partial charge in [-0.3, -0.25) is 9.89 Å². The molecule has 1 saturated carbocycles. The Labute approximate surface area is 149 Å². The van der Waals surface area contributed by atoms with Crippen molar-refractivity contribution in [3.8, 4) is 10.6 Å². The first-order valence-corrected chi connectivity index (χ1v) is 9.24. The molecule has 0 aromatic carbocycles. The molecular formula is C17H20N6OS. The van der Waals surface area contributed by atoms with Gasteiger partial charge in [-0.05, 0) is 31.4 Å². The largest absolute Gasteiger partial charge is 0.384 e. The number of anilines is 2. The van der Waals surface area contributed by atoms with Gasteiger partial charge >= 0.3 is 0 Å². The molecule has 0 aliphatic heterocycles. The Kier molecular flexibility index (Phi) is 4.27. The summed E-state index contributed by atoms with van der Waals surface area (Å²) in [6.07, 6.45) is 4.67. The normalized spacial score (nSPS) is 13.9. The van der Waals surface area contributed by atoms with Crippen LogP contribution in [0.4, 0.5) is 11.5 Å². The summed E-state index contributed by atoms with van der Waals surface area (Å²) in [5.74, 6) is 0.948. The van der Waals surface area contributed by atoms with Crippen LogP contribution in [-0.4, -0.2) is 34.2 Å². The number of amides is 1.